The fraction of sp³-hybridized carbons (Fsp3) is 0.552. The second-order valence-electron chi connectivity index (χ2n) is 11.7. The van der Waals surface area contributed by atoms with Crippen LogP contribution in [0.5, 0.6) is 0 Å². The number of anilines is 2. The van der Waals surface area contributed by atoms with Crippen molar-refractivity contribution in [2.75, 3.05) is 37.8 Å². The van der Waals surface area contributed by atoms with E-state index in [1.807, 2.05) is 10.9 Å². The van der Waals surface area contributed by atoms with Crippen molar-refractivity contribution in [2.24, 2.45) is 0 Å². The third kappa shape index (κ3) is 3.97. The zero-order chi connectivity index (χ0) is 28.3. The molecule has 4 N–H and O–H groups in total. The van der Waals surface area contributed by atoms with E-state index in [9.17, 15) is 10.4 Å². The molecule has 0 bridgehead atoms. The van der Waals surface area contributed by atoms with Gasteiger partial charge in [-0.3, -0.25) is 0 Å². The highest BCUT2D eigenvalue weighted by atomic mass is 32.1. The zero-order valence-electron chi connectivity index (χ0n) is 23.5. The van der Waals surface area contributed by atoms with Crippen LogP contribution in [-0.2, 0) is 18.3 Å². The lowest BCUT2D eigenvalue weighted by Gasteiger charge is -2.39. The SMILES string of the molecule is C[C@@H]([C@@H]1CCCN1C)n1ncc2c(NCCO)nc(-c3noc4c3CCC[C@@]43CCCc4sc(N)c(C#N)c43)nc21. The Morgan fingerprint density at radius 3 is 2.88 bits per heavy atom. The van der Waals surface area contributed by atoms with Crippen LogP contribution >= 0.6 is 11.3 Å². The van der Waals surface area contributed by atoms with Crippen molar-refractivity contribution in [2.45, 2.75) is 75.8 Å². The summed E-state index contributed by atoms with van der Waals surface area (Å²) in [7, 11) is 2.17. The topological polar surface area (TPSA) is 155 Å². The van der Waals surface area contributed by atoms with Crippen LogP contribution in [0.4, 0.5) is 10.8 Å². The second-order valence-corrected chi connectivity index (χ2v) is 12.8. The molecule has 12 heteroatoms. The molecule has 1 fully saturated rings. The first-order chi connectivity index (χ1) is 20.0. The van der Waals surface area contributed by atoms with E-state index >= 15 is 0 Å². The van der Waals surface area contributed by atoms with Crippen molar-refractivity contribution in [1.82, 2.24) is 29.8 Å². The fourth-order valence-electron chi connectivity index (χ4n) is 7.56. The molecule has 0 saturated carbocycles. The molecule has 7 rings (SSSR count). The highest BCUT2D eigenvalue weighted by molar-refractivity contribution is 7.16. The summed E-state index contributed by atoms with van der Waals surface area (Å²) in [6.07, 6.45) is 9.59. The minimum Gasteiger partial charge on any atom is -0.395 e. The number of aliphatic hydroxyl groups is 1. The Morgan fingerprint density at radius 2 is 2.12 bits per heavy atom. The number of aryl methyl sites for hydroxylation is 1. The normalized spacial score (nSPS) is 23.0. The molecule has 11 nitrogen and oxygen atoms in total. The quantitative estimate of drug-likeness (QED) is 0.308. The van der Waals surface area contributed by atoms with Crippen LogP contribution < -0.4 is 11.1 Å². The van der Waals surface area contributed by atoms with Crippen LogP contribution in [0.2, 0.25) is 0 Å². The van der Waals surface area contributed by atoms with Gasteiger partial charge in [-0.15, -0.1) is 11.3 Å². The van der Waals surface area contributed by atoms with Gasteiger partial charge in [0.05, 0.1) is 35.2 Å². The van der Waals surface area contributed by atoms with Crippen LogP contribution in [0, 0.1) is 11.3 Å². The number of nitrogens with one attached hydrogen (secondary N) is 1. The number of thiophene rings is 1. The average Bonchev–Trinajstić information content (AvgIpc) is 3.76. The van der Waals surface area contributed by atoms with Gasteiger partial charge in [-0.2, -0.15) is 10.4 Å². The Morgan fingerprint density at radius 1 is 1.29 bits per heavy atom. The molecule has 0 unspecified atom stereocenters. The van der Waals surface area contributed by atoms with E-state index in [0.29, 0.717) is 40.5 Å². The molecule has 5 heterocycles. The third-order valence-electron chi connectivity index (χ3n) is 9.45. The highest BCUT2D eigenvalue weighted by Crippen LogP contribution is 2.55. The van der Waals surface area contributed by atoms with Gasteiger partial charge in [0.15, 0.2) is 22.9 Å². The van der Waals surface area contributed by atoms with Gasteiger partial charge in [-0.25, -0.2) is 14.6 Å². The summed E-state index contributed by atoms with van der Waals surface area (Å²) in [6.45, 7) is 3.61. The molecular formula is C29H35N9O2S. The van der Waals surface area contributed by atoms with Crippen molar-refractivity contribution in [3.63, 3.8) is 0 Å². The van der Waals surface area contributed by atoms with Crippen LogP contribution in [-0.4, -0.2) is 67.7 Å². The summed E-state index contributed by atoms with van der Waals surface area (Å²) in [5.74, 6) is 1.93. The summed E-state index contributed by atoms with van der Waals surface area (Å²) < 4.78 is 8.23. The number of nitrogens with zero attached hydrogens (tertiary/aromatic N) is 7. The van der Waals surface area contributed by atoms with Gasteiger partial charge in [-0.05, 0) is 77.4 Å². The third-order valence-corrected chi connectivity index (χ3v) is 10.5. The summed E-state index contributed by atoms with van der Waals surface area (Å²) in [5.41, 5.74) is 9.95. The Balaban J connectivity index is 1.37. The number of rotatable bonds is 6. The molecule has 1 spiro atoms. The first-order valence-electron chi connectivity index (χ1n) is 14.6. The van der Waals surface area contributed by atoms with Crippen LogP contribution in [0.25, 0.3) is 22.6 Å². The average molecular weight is 574 g/mol. The maximum absolute atomic E-state index is 10.0. The summed E-state index contributed by atoms with van der Waals surface area (Å²) in [4.78, 5) is 13.5. The second kappa shape index (κ2) is 10.1. The number of likely N-dealkylation sites (N-methyl/N-ethyl adjacent to an activating group) is 1. The lowest BCUT2D eigenvalue weighted by molar-refractivity contribution is 0.232. The van der Waals surface area contributed by atoms with Gasteiger partial charge in [0.1, 0.15) is 16.9 Å². The molecule has 4 aromatic heterocycles. The molecule has 3 aliphatic rings. The van der Waals surface area contributed by atoms with Gasteiger partial charge in [0, 0.05) is 23.0 Å². The van der Waals surface area contributed by atoms with Gasteiger partial charge in [0.25, 0.3) is 0 Å². The van der Waals surface area contributed by atoms with Gasteiger partial charge >= 0.3 is 0 Å². The van der Waals surface area contributed by atoms with Crippen molar-refractivity contribution in [3.8, 4) is 17.6 Å². The standard InChI is InChI=1S/C29H35N9O2S/c1-16(20-7-5-12-37(20)2)38-28-19(15-33-38)26(32-11-13-39)34-27(35-28)23-17-6-3-9-29(24(17)40-36-23)10-4-8-21-22(29)18(14-30)25(31)41-21/h15-16,20,39H,3-13,31H2,1-2H3,(H,32,34,35)/t16-,20-,29-/m0/s1. The minimum atomic E-state index is -0.406. The maximum atomic E-state index is 10.0. The number of nitrogen functional groups attached to an aromatic ring is 1. The summed E-state index contributed by atoms with van der Waals surface area (Å²) in [5, 5.41) is 33.6. The molecule has 1 aliphatic heterocycles. The number of nitriles is 1. The molecule has 3 atom stereocenters. The maximum Gasteiger partial charge on any atom is 0.186 e. The van der Waals surface area contributed by atoms with E-state index in [1.54, 1.807) is 11.3 Å². The predicted octanol–water partition coefficient (Wildman–Crippen LogP) is 4.01. The molecule has 214 valence electrons. The molecular weight excluding hydrogens is 538 g/mol. The van der Waals surface area contributed by atoms with Crippen LogP contribution in [0.15, 0.2) is 10.7 Å². The van der Waals surface area contributed by atoms with Gasteiger partial charge in [0.2, 0.25) is 0 Å². The number of aromatic nitrogens is 5. The highest BCUT2D eigenvalue weighted by Gasteiger charge is 2.49. The van der Waals surface area contributed by atoms with E-state index < -0.39 is 5.41 Å². The Labute approximate surface area is 242 Å². The molecule has 2 aliphatic carbocycles. The summed E-state index contributed by atoms with van der Waals surface area (Å²) in [6, 6.07) is 2.88. The number of fused-ring (bicyclic) bond motifs is 5. The number of hydrogen-bond donors (Lipinski definition) is 3. The van der Waals surface area contributed by atoms with Crippen molar-refractivity contribution < 1.29 is 9.63 Å². The van der Waals surface area contributed by atoms with Gasteiger partial charge in [-0.1, -0.05) is 5.16 Å². The van der Waals surface area contributed by atoms with E-state index in [0.717, 1.165) is 79.4 Å². The smallest absolute Gasteiger partial charge is 0.186 e. The molecule has 0 aromatic carbocycles. The van der Waals surface area contributed by atoms with Crippen LogP contribution in [0.1, 0.15) is 78.8 Å². The zero-order valence-corrected chi connectivity index (χ0v) is 24.3. The largest absolute Gasteiger partial charge is 0.395 e. The van der Waals surface area contributed by atoms with Crippen molar-refractivity contribution in [1.29, 1.82) is 5.26 Å². The molecule has 0 amide bonds. The van der Waals surface area contributed by atoms with Gasteiger partial charge < -0.3 is 25.6 Å². The first-order valence-corrected chi connectivity index (χ1v) is 15.4. The van der Waals surface area contributed by atoms with E-state index in [-0.39, 0.29) is 12.6 Å². The summed E-state index contributed by atoms with van der Waals surface area (Å²) >= 11 is 1.54. The number of nitrogens with two attached hydrogens (primary N) is 1. The molecule has 4 aromatic rings. The lowest BCUT2D eigenvalue weighted by Crippen LogP contribution is -2.35. The number of aliphatic hydroxyl groups excluding tert-OH is 1. The minimum absolute atomic E-state index is 0.0204. The molecule has 0 radical (unpaired) electrons. The Kier molecular flexibility index (Phi) is 6.48. The Bertz CT molecular complexity index is 1660. The van der Waals surface area contributed by atoms with E-state index in [1.165, 1.54) is 11.3 Å². The van der Waals surface area contributed by atoms with E-state index in [2.05, 4.69) is 35.4 Å². The number of hydrogen-bond acceptors (Lipinski definition) is 11. The van der Waals surface area contributed by atoms with E-state index in [4.69, 9.17) is 25.3 Å². The lowest BCUT2D eigenvalue weighted by atomic mass is 9.63. The van der Waals surface area contributed by atoms with Crippen LogP contribution in [0.3, 0.4) is 0 Å². The monoisotopic (exact) mass is 573 g/mol. The van der Waals surface area contributed by atoms with Crippen molar-refractivity contribution >= 4 is 33.2 Å². The molecule has 1 saturated heterocycles. The fourth-order valence-corrected chi connectivity index (χ4v) is 8.73. The van der Waals surface area contributed by atoms with Crippen molar-refractivity contribution in [3.05, 3.63) is 33.5 Å². The Hall–Kier alpha value is -3.53. The first kappa shape index (κ1) is 26.4. The predicted molar refractivity (Wildman–Crippen MR) is 157 cm³/mol. The molecule has 41 heavy (non-hydrogen) atoms. The number of likely N-dealkylation sites (tertiary alicyclic amines) is 1.